The maximum Gasteiger partial charge on any atom is 0.128 e. The minimum atomic E-state index is 0.456. The highest BCUT2D eigenvalue weighted by atomic mass is 35.5. The van der Waals surface area contributed by atoms with Crippen LogP contribution in [-0.4, -0.2) is 6.61 Å². The zero-order chi connectivity index (χ0) is 9.26. The normalized spacial score (nSPS) is 13.7. The Bertz CT molecular complexity index is 417. The molecule has 2 nitrogen and oxygen atoms in total. The monoisotopic (exact) mass is 191 g/mol. The lowest BCUT2D eigenvalue weighted by Crippen LogP contribution is -2.03. The fraction of sp³-hybridized carbons (Fsp3) is 0.100. The Labute approximate surface area is 81.0 Å². The standard InChI is InChI=1S/C10H6ClNO/c11-8-1-2-10-9(5-8)7(6-12)3-4-13-10/h1-3,5H,4H2. The van der Waals surface area contributed by atoms with Crippen molar-refractivity contribution < 1.29 is 4.74 Å². The summed E-state index contributed by atoms with van der Waals surface area (Å²) >= 11 is 5.81. The van der Waals surface area contributed by atoms with Crippen LogP contribution in [0.4, 0.5) is 0 Å². The Morgan fingerprint density at radius 2 is 2.31 bits per heavy atom. The predicted molar refractivity (Wildman–Crippen MR) is 50.5 cm³/mol. The molecular weight excluding hydrogens is 186 g/mol. The van der Waals surface area contributed by atoms with Gasteiger partial charge < -0.3 is 4.74 Å². The maximum absolute atomic E-state index is 8.81. The van der Waals surface area contributed by atoms with Crippen molar-refractivity contribution >= 4 is 17.2 Å². The van der Waals surface area contributed by atoms with Crippen LogP contribution in [0, 0.1) is 11.3 Å². The molecule has 1 aliphatic heterocycles. The number of hydrogen-bond donors (Lipinski definition) is 0. The van der Waals surface area contributed by atoms with E-state index in [1.807, 2.05) is 0 Å². The van der Waals surface area contributed by atoms with Gasteiger partial charge in [-0.1, -0.05) is 11.6 Å². The highest BCUT2D eigenvalue weighted by Gasteiger charge is 2.13. The van der Waals surface area contributed by atoms with Gasteiger partial charge in [0.25, 0.3) is 0 Å². The minimum absolute atomic E-state index is 0.456. The van der Waals surface area contributed by atoms with Crippen LogP contribution < -0.4 is 4.74 Å². The fourth-order valence-electron chi connectivity index (χ4n) is 1.27. The van der Waals surface area contributed by atoms with Crippen LogP contribution in [0.5, 0.6) is 5.75 Å². The molecule has 0 fully saturated rings. The molecule has 0 amide bonds. The third-order valence-corrected chi connectivity index (χ3v) is 2.11. The van der Waals surface area contributed by atoms with Gasteiger partial charge in [-0.3, -0.25) is 0 Å². The van der Waals surface area contributed by atoms with Crippen LogP contribution in [-0.2, 0) is 0 Å². The lowest BCUT2D eigenvalue weighted by Gasteiger charge is -2.14. The van der Waals surface area contributed by atoms with E-state index in [9.17, 15) is 0 Å². The number of rotatable bonds is 0. The van der Waals surface area contributed by atoms with Crippen LogP contribution in [0.15, 0.2) is 24.3 Å². The van der Waals surface area contributed by atoms with Crippen molar-refractivity contribution in [1.29, 1.82) is 5.26 Å². The van der Waals surface area contributed by atoms with E-state index in [2.05, 4.69) is 6.07 Å². The largest absolute Gasteiger partial charge is 0.489 e. The first-order valence-electron chi connectivity index (χ1n) is 3.84. The SMILES string of the molecule is N#CC1=CCOc2ccc(Cl)cc21. The number of benzene rings is 1. The number of nitrogens with zero attached hydrogens (tertiary/aromatic N) is 1. The topological polar surface area (TPSA) is 33.0 Å². The number of ether oxygens (including phenoxy) is 1. The van der Waals surface area contributed by atoms with Gasteiger partial charge in [0.05, 0.1) is 11.6 Å². The second-order valence-electron chi connectivity index (χ2n) is 2.68. The van der Waals surface area contributed by atoms with Crippen LogP contribution in [0.25, 0.3) is 5.57 Å². The average molecular weight is 192 g/mol. The van der Waals surface area contributed by atoms with Gasteiger partial charge in [-0.15, -0.1) is 0 Å². The van der Waals surface area contributed by atoms with Crippen LogP contribution in [0.2, 0.25) is 5.02 Å². The number of hydrogen-bond acceptors (Lipinski definition) is 2. The number of allylic oxidation sites excluding steroid dienone is 1. The second-order valence-corrected chi connectivity index (χ2v) is 3.12. The summed E-state index contributed by atoms with van der Waals surface area (Å²) in [5.74, 6) is 0.725. The molecule has 0 unspecified atom stereocenters. The molecule has 1 aliphatic rings. The summed E-state index contributed by atoms with van der Waals surface area (Å²) < 4.78 is 5.32. The molecule has 0 N–H and O–H groups in total. The lowest BCUT2D eigenvalue weighted by molar-refractivity contribution is 0.358. The summed E-state index contributed by atoms with van der Waals surface area (Å²) in [5.41, 5.74) is 1.41. The molecule has 0 saturated heterocycles. The van der Waals surface area contributed by atoms with Crippen molar-refractivity contribution in [2.45, 2.75) is 0 Å². The number of fused-ring (bicyclic) bond motifs is 1. The van der Waals surface area contributed by atoms with Crippen molar-refractivity contribution in [2.75, 3.05) is 6.61 Å². The van der Waals surface area contributed by atoms with Gasteiger partial charge in [-0.25, -0.2) is 0 Å². The first-order valence-corrected chi connectivity index (χ1v) is 4.22. The summed E-state index contributed by atoms with van der Waals surface area (Å²) in [6.07, 6.45) is 1.75. The van der Waals surface area contributed by atoms with Gasteiger partial charge in [-0.2, -0.15) is 5.26 Å². The van der Waals surface area contributed by atoms with E-state index in [-0.39, 0.29) is 0 Å². The van der Waals surface area contributed by atoms with E-state index in [4.69, 9.17) is 21.6 Å². The van der Waals surface area contributed by atoms with E-state index in [0.29, 0.717) is 17.2 Å². The molecule has 0 atom stereocenters. The maximum atomic E-state index is 8.81. The smallest absolute Gasteiger partial charge is 0.128 e. The molecule has 64 valence electrons. The van der Waals surface area contributed by atoms with Gasteiger partial charge in [0.2, 0.25) is 0 Å². The van der Waals surface area contributed by atoms with Gasteiger partial charge in [-0.05, 0) is 24.3 Å². The Morgan fingerprint density at radius 1 is 1.46 bits per heavy atom. The van der Waals surface area contributed by atoms with E-state index >= 15 is 0 Å². The molecule has 13 heavy (non-hydrogen) atoms. The van der Waals surface area contributed by atoms with Gasteiger partial charge in [0, 0.05) is 10.6 Å². The zero-order valence-corrected chi connectivity index (χ0v) is 7.51. The van der Waals surface area contributed by atoms with Crippen molar-refractivity contribution in [3.05, 3.63) is 34.9 Å². The molecule has 1 aromatic carbocycles. The number of nitriles is 1. The molecule has 1 heterocycles. The lowest BCUT2D eigenvalue weighted by atomic mass is 10.0. The van der Waals surface area contributed by atoms with Crippen LogP contribution >= 0.6 is 11.6 Å². The van der Waals surface area contributed by atoms with Crippen molar-refractivity contribution in [1.82, 2.24) is 0 Å². The minimum Gasteiger partial charge on any atom is -0.489 e. The zero-order valence-electron chi connectivity index (χ0n) is 6.75. The molecule has 2 rings (SSSR count). The van der Waals surface area contributed by atoms with E-state index in [1.165, 1.54) is 0 Å². The van der Waals surface area contributed by atoms with Crippen molar-refractivity contribution in [2.24, 2.45) is 0 Å². The third kappa shape index (κ3) is 1.39. The fourth-order valence-corrected chi connectivity index (χ4v) is 1.44. The third-order valence-electron chi connectivity index (χ3n) is 1.88. The van der Waals surface area contributed by atoms with Crippen molar-refractivity contribution in [3.63, 3.8) is 0 Å². The van der Waals surface area contributed by atoms with Crippen molar-refractivity contribution in [3.8, 4) is 11.8 Å². The van der Waals surface area contributed by atoms with Gasteiger partial charge >= 0.3 is 0 Å². The molecule has 0 aromatic heterocycles. The van der Waals surface area contributed by atoms with E-state index in [1.54, 1.807) is 24.3 Å². The predicted octanol–water partition coefficient (Wildman–Crippen LogP) is 2.64. The quantitative estimate of drug-likeness (QED) is 0.632. The molecular formula is C10H6ClNO. The van der Waals surface area contributed by atoms with Crippen LogP contribution in [0.3, 0.4) is 0 Å². The Hall–Kier alpha value is -1.46. The first kappa shape index (κ1) is 8.15. The molecule has 0 radical (unpaired) electrons. The molecule has 0 saturated carbocycles. The highest BCUT2D eigenvalue weighted by Crippen LogP contribution is 2.31. The van der Waals surface area contributed by atoms with Gasteiger partial charge in [0.1, 0.15) is 12.4 Å². The van der Waals surface area contributed by atoms with Crippen LogP contribution in [0.1, 0.15) is 5.56 Å². The molecule has 1 aromatic rings. The Morgan fingerprint density at radius 3 is 3.08 bits per heavy atom. The van der Waals surface area contributed by atoms with E-state index in [0.717, 1.165) is 11.3 Å². The molecule has 0 aliphatic carbocycles. The summed E-state index contributed by atoms with van der Waals surface area (Å²) in [6.45, 7) is 0.456. The first-order chi connectivity index (χ1) is 6.31. The average Bonchev–Trinajstić information content (AvgIpc) is 2.17. The summed E-state index contributed by atoms with van der Waals surface area (Å²) in [4.78, 5) is 0. The van der Waals surface area contributed by atoms with Gasteiger partial charge in [0.15, 0.2) is 0 Å². The molecule has 0 bridgehead atoms. The highest BCUT2D eigenvalue weighted by molar-refractivity contribution is 6.30. The molecule has 3 heteroatoms. The summed E-state index contributed by atoms with van der Waals surface area (Å²) in [7, 11) is 0. The Balaban J connectivity index is 2.59. The molecule has 0 spiro atoms. The summed E-state index contributed by atoms with van der Waals surface area (Å²) in [5, 5.41) is 9.43. The van der Waals surface area contributed by atoms with E-state index < -0.39 is 0 Å². The number of halogens is 1. The Kier molecular flexibility index (Phi) is 1.96. The summed E-state index contributed by atoms with van der Waals surface area (Å²) in [6, 6.07) is 7.38. The second kappa shape index (κ2) is 3.12.